The van der Waals surface area contributed by atoms with Crippen LogP contribution in [0.1, 0.15) is 36.0 Å². The van der Waals surface area contributed by atoms with Crippen molar-refractivity contribution in [3.05, 3.63) is 54.5 Å². The second kappa shape index (κ2) is 5.36. The third kappa shape index (κ3) is 2.47. The van der Waals surface area contributed by atoms with Gasteiger partial charge in [-0.1, -0.05) is 37.6 Å². The Labute approximate surface area is 92.1 Å². The van der Waals surface area contributed by atoms with E-state index in [0.29, 0.717) is 0 Å². The predicted molar refractivity (Wildman–Crippen MR) is 63.4 cm³/mol. The fourth-order valence-corrected chi connectivity index (χ4v) is 1.67. The molecule has 1 radical (unpaired) electrons. The minimum Gasteiger partial charge on any atom is -0.192 e. The van der Waals surface area contributed by atoms with Crippen molar-refractivity contribution in [3.8, 4) is 6.07 Å². The molecule has 1 aromatic rings. The van der Waals surface area contributed by atoms with Crippen molar-refractivity contribution in [1.29, 1.82) is 5.26 Å². The van der Waals surface area contributed by atoms with Gasteiger partial charge < -0.3 is 0 Å². The molecule has 0 amide bonds. The first-order valence-corrected chi connectivity index (χ1v) is 5.22. The quantitative estimate of drug-likeness (QED) is 0.678. The van der Waals surface area contributed by atoms with Crippen molar-refractivity contribution in [2.45, 2.75) is 25.7 Å². The summed E-state index contributed by atoms with van der Waals surface area (Å²) in [6, 6.07) is 8.24. The van der Waals surface area contributed by atoms with Gasteiger partial charge in [0.2, 0.25) is 0 Å². The van der Waals surface area contributed by atoms with Crippen molar-refractivity contribution < 1.29 is 0 Å². The summed E-state index contributed by atoms with van der Waals surface area (Å²) >= 11 is 0. The van der Waals surface area contributed by atoms with Crippen molar-refractivity contribution in [2.75, 3.05) is 0 Å². The molecule has 1 aromatic carbocycles. The first-order valence-electron chi connectivity index (χ1n) is 5.22. The van der Waals surface area contributed by atoms with Crippen LogP contribution in [0, 0.1) is 18.3 Å². The van der Waals surface area contributed by atoms with Crippen molar-refractivity contribution in [1.82, 2.24) is 0 Å². The minimum atomic E-state index is -0.00328. The lowest BCUT2D eigenvalue weighted by atomic mass is 9.91. The molecule has 0 aliphatic carbocycles. The number of hydrogen-bond donors (Lipinski definition) is 0. The Balaban J connectivity index is 3.23. The summed E-state index contributed by atoms with van der Waals surface area (Å²) in [5, 5.41) is 9.16. The van der Waals surface area contributed by atoms with Crippen LogP contribution in [0.2, 0.25) is 0 Å². The van der Waals surface area contributed by atoms with Gasteiger partial charge in [0, 0.05) is 5.92 Å². The van der Waals surface area contributed by atoms with E-state index in [0.717, 1.165) is 29.5 Å². The molecule has 0 saturated heterocycles. The van der Waals surface area contributed by atoms with Gasteiger partial charge in [-0.25, -0.2) is 0 Å². The number of allylic oxidation sites excluding steroid dienone is 1. The van der Waals surface area contributed by atoms with Crippen LogP contribution in [0.3, 0.4) is 0 Å². The molecule has 15 heavy (non-hydrogen) atoms. The summed E-state index contributed by atoms with van der Waals surface area (Å²) in [6.45, 7) is 9.80. The van der Waals surface area contributed by atoms with Gasteiger partial charge in [-0.15, -0.1) is 6.58 Å². The number of nitrogens with zero attached hydrogens (tertiary/aromatic N) is 1. The topological polar surface area (TPSA) is 23.8 Å². The van der Waals surface area contributed by atoms with Gasteiger partial charge in [-0.05, 0) is 24.5 Å². The molecule has 0 bridgehead atoms. The highest BCUT2D eigenvalue weighted by Crippen LogP contribution is 2.23. The van der Waals surface area contributed by atoms with Crippen molar-refractivity contribution in [3.63, 3.8) is 0 Å². The van der Waals surface area contributed by atoms with E-state index in [1.54, 1.807) is 6.08 Å². The zero-order valence-electron chi connectivity index (χ0n) is 9.16. The molecule has 1 nitrogen and oxygen atoms in total. The summed E-state index contributed by atoms with van der Waals surface area (Å²) in [5.74, 6) is -0.00328. The summed E-state index contributed by atoms with van der Waals surface area (Å²) < 4.78 is 0. The second-order valence-electron chi connectivity index (χ2n) is 3.59. The predicted octanol–water partition coefficient (Wildman–Crippen LogP) is 3.61. The molecule has 0 heterocycles. The number of benzene rings is 1. The fourth-order valence-electron chi connectivity index (χ4n) is 1.67. The van der Waals surface area contributed by atoms with E-state index in [1.807, 2.05) is 18.2 Å². The fraction of sp³-hybridized carbons (Fsp3) is 0.286. The molecule has 0 fully saturated rings. The third-order valence-electron chi connectivity index (χ3n) is 2.50. The molecule has 0 aliphatic rings. The van der Waals surface area contributed by atoms with Gasteiger partial charge in [0.05, 0.1) is 11.6 Å². The molecule has 1 heteroatoms. The average Bonchev–Trinajstić information content (AvgIpc) is 2.28. The molecule has 1 atom stereocenters. The van der Waals surface area contributed by atoms with E-state index in [-0.39, 0.29) is 5.92 Å². The molecule has 0 saturated carbocycles. The maximum absolute atomic E-state index is 9.16. The van der Waals surface area contributed by atoms with E-state index >= 15 is 0 Å². The monoisotopic (exact) mass is 198 g/mol. The maximum atomic E-state index is 9.16. The first kappa shape index (κ1) is 11.5. The number of rotatable bonds is 4. The van der Waals surface area contributed by atoms with E-state index in [9.17, 15) is 0 Å². The zero-order chi connectivity index (χ0) is 11.3. The van der Waals surface area contributed by atoms with Gasteiger partial charge in [-0.2, -0.15) is 5.26 Å². The maximum Gasteiger partial charge on any atom is 0.0997 e. The summed E-state index contributed by atoms with van der Waals surface area (Å²) in [5.41, 5.74) is 2.88. The Hall–Kier alpha value is -1.55. The van der Waals surface area contributed by atoms with E-state index in [1.165, 1.54) is 0 Å². The number of hydrogen-bond acceptors (Lipinski definition) is 1. The summed E-state index contributed by atoms with van der Waals surface area (Å²) in [7, 11) is 0. The number of aryl methyl sites for hydroxylation is 1. The second-order valence-corrected chi connectivity index (χ2v) is 3.59. The molecule has 0 aromatic heterocycles. The van der Waals surface area contributed by atoms with Crippen molar-refractivity contribution >= 4 is 0 Å². The van der Waals surface area contributed by atoms with Crippen molar-refractivity contribution in [2.24, 2.45) is 0 Å². The Bertz CT molecular complexity index is 385. The van der Waals surface area contributed by atoms with Gasteiger partial charge in [-0.3, -0.25) is 0 Å². The van der Waals surface area contributed by atoms with E-state index < -0.39 is 0 Å². The van der Waals surface area contributed by atoms with Crippen LogP contribution in [-0.2, 0) is 6.42 Å². The van der Waals surface area contributed by atoms with Gasteiger partial charge in [0.25, 0.3) is 0 Å². The van der Waals surface area contributed by atoms with E-state index in [4.69, 9.17) is 5.26 Å². The highest BCUT2D eigenvalue weighted by atomic mass is 14.3. The Morgan fingerprint density at radius 2 is 2.27 bits per heavy atom. The van der Waals surface area contributed by atoms with Gasteiger partial charge in [0.15, 0.2) is 0 Å². The van der Waals surface area contributed by atoms with E-state index in [2.05, 4.69) is 26.5 Å². The van der Waals surface area contributed by atoms with Crippen LogP contribution >= 0.6 is 0 Å². The lowest BCUT2D eigenvalue weighted by Gasteiger charge is -2.11. The Kier molecular flexibility index (Phi) is 4.12. The molecular formula is C14H16N. The standard InChI is InChI=1S/C14H16N/c1-4-7-12-8-6-9-13(11(3)5-2)14(12)10-15/h5-6,8-9,11H,2-4,7H2,1H3. The SMILES string of the molecule is [CH2]C(C=C)c1cccc(CCC)c1C#N. The summed E-state index contributed by atoms with van der Waals surface area (Å²) in [6.07, 6.45) is 3.76. The van der Waals surface area contributed by atoms with Crippen LogP contribution in [0.5, 0.6) is 0 Å². The largest absolute Gasteiger partial charge is 0.192 e. The van der Waals surface area contributed by atoms with Crippen LogP contribution in [0.25, 0.3) is 0 Å². The van der Waals surface area contributed by atoms with Crippen LogP contribution in [0.4, 0.5) is 0 Å². The third-order valence-corrected chi connectivity index (χ3v) is 2.50. The Morgan fingerprint density at radius 1 is 1.53 bits per heavy atom. The molecule has 77 valence electrons. The van der Waals surface area contributed by atoms with Crippen LogP contribution < -0.4 is 0 Å². The molecule has 0 spiro atoms. The average molecular weight is 198 g/mol. The normalized spacial score (nSPS) is 11.8. The molecule has 1 rings (SSSR count). The van der Waals surface area contributed by atoms with Gasteiger partial charge >= 0.3 is 0 Å². The number of nitriles is 1. The highest BCUT2D eigenvalue weighted by Gasteiger charge is 2.10. The molecular weight excluding hydrogens is 182 g/mol. The van der Waals surface area contributed by atoms with Crippen LogP contribution in [0.15, 0.2) is 30.9 Å². The minimum absolute atomic E-state index is 0.00328. The van der Waals surface area contributed by atoms with Gasteiger partial charge in [0.1, 0.15) is 0 Å². The summed E-state index contributed by atoms with van der Waals surface area (Å²) in [4.78, 5) is 0. The zero-order valence-corrected chi connectivity index (χ0v) is 9.16. The lowest BCUT2D eigenvalue weighted by Crippen LogP contribution is -1.99. The first-order chi connectivity index (χ1) is 7.24. The Morgan fingerprint density at radius 3 is 2.80 bits per heavy atom. The highest BCUT2D eigenvalue weighted by molar-refractivity contribution is 5.47. The smallest absolute Gasteiger partial charge is 0.0997 e. The molecule has 1 unspecified atom stereocenters. The lowest BCUT2D eigenvalue weighted by molar-refractivity contribution is 0.910. The molecule has 0 aliphatic heterocycles. The molecule has 0 N–H and O–H groups in total. The van der Waals surface area contributed by atoms with Crippen LogP contribution in [-0.4, -0.2) is 0 Å².